The van der Waals surface area contributed by atoms with Gasteiger partial charge in [0, 0.05) is 21.1 Å². The number of hydrogen-bond acceptors (Lipinski definition) is 4. The summed E-state index contributed by atoms with van der Waals surface area (Å²) < 4.78 is 0. The zero-order chi connectivity index (χ0) is 16.1. The summed E-state index contributed by atoms with van der Waals surface area (Å²) in [5, 5.41) is 10.8. The molecular weight excluding hydrogens is 304 g/mol. The zero-order valence-electron chi connectivity index (χ0n) is 11.8. The van der Waals surface area contributed by atoms with Gasteiger partial charge in [-0.1, -0.05) is 41.9 Å². The van der Waals surface area contributed by atoms with Gasteiger partial charge in [-0.15, -0.1) is 0 Å². The number of carbonyl (C=O) groups excluding carboxylic acids is 1. The van der Waals surface area contributed by atoms with Crippen molar-refractivity contribution in [3.05, 3.63) is 74.3 Å². The normalized spacial score (nSPS) is 10.8. The number of aryl methyl sites for hydroxylation is 1. The number of rotatable bonds is 5. The van der Waals surface area contributed by atoms with Crippen LogP contribution >= 0.6 is 11.6 Å². The minimum absolute atomic E-state index is 0.226. The zero-order valence-corrected chi connectivity index (χ0v) is 12.6. The maximum Gasteiger partial charge on any atom is 0.238 e. The highest BCUT2D eigenvalue weighted by Gasteiger charge is 2.15. The molecule has 0 heterocycles. The number of nitro groups is 1. The lowest BCUT2D eigenvalue weighted by atomic mass is 10.0. The standard InChI is InChI=1S/C16H13ClN2O3/c1-11-9-15(18-7-8-19(21)22)13(10-14(11)17)16(20)12-5-3-2-4-6-12/h2-7,9-10H,8H2,1H3. The molecule has 112 valence electrons. The quantitative estimate of drug-likeness (QED) is 0.364. The van der Waals surface area contributed by atoms with Crippen LogP contribution in [-0.2, 0) is 0 Å². The Bertz CT molecular complexity index is 743. The number of carbonyl (C=O) groups is 1. The van der Waals surface area contributed by atoms with E-state index in [4.69, 9.17) is 11.6 Å². The van der Waals surface area contributed by atoms with E-state index in [1.165, 1.54) is 6.21 Å². The predicted molar refractivity (Wildman–Crippen MR) is 86.1 cm³/mol. The summed E-state index contributed by atoms with van der Waals surface area (Å²) >= 11 is 6.09. The fraction of sp³-hybridized carbons (Fsp3) is 0.125. The van der Waals surface area contributed by atoms with Crippen LogP contribution in [0.5, 0.6) is 0 Å². The molecule has 2 aromatic carbocycles. The van der Waals surface area contributed by atoms with Gasteiger partial charge in [0.05, 0.1) is 11.9 Å². The van der Waals surface area contributed by atoms with Gasteiger partial charge in [-0.25, -0.2) is 0 Å². The molecule has 0 aromatic heterocycles. The molecule has 0 saturated heterocycles. The summed E-state index contributed by atoms with van der Waals surface area (Å²) in [5.74, 6) is -0.226. The summed E-state index contributed by atoms with van der Waals surface area (Å²) in [6.45, 7) is 1.38. The first kappa shape index (κ1) is 15.9. The molecule has 2 aromatic rings. The first-order valence-electron chi connectivity index (χ1n) is 6.53. The molecule has 0 spiro atoms. The van der Waals surface area contributed by atoms with E-state index in [2.05, 4.69) is 4.99 Å². The van der Waals surface area contributed by atoms with Crippen molar-refractivity contribution in [3.63, 3.8) is 0 Å². The summed E-state index contributed by atoms with van der Waals surface area (Å²) in [7, 11) is 0. The lowest BCUT2D eigenvalue weighted by Crippen LogP contribution is -2.04. The minimum atomic E-state index is -0.495. The second-order valence-electron chi connectivity index (χ2n) is 4.64. The summed E-state index contributed by atoms with van der Waals surface area (Å²) in [5.41, 5.74) is 1.95. The molecule has 0 saturated carbocycles. The molecule has 0 aliphatic carbocycles. The largest absolute Gasteiger partial charge is 0.289 e. The first-order chi connectivity index (χ1) is 10.5. The monoisotopic (exact) mass is 316 g/mol. The first-order valence-corrected chi connectivity index (χ1v) is 6.91. The van der Waals surface area contributed by atoms with Crippen LogP contribution in [0.1, 0.15) is 21.5 Å². The van der Waals surface area contributed by atoms with Gasteiger partial charge in [-0.3, -0.25) is 19.9 Å². The second-order valence-corrected chi connectivity index (χ2v) is 5.05. The van der Waals surface area contributed by atoms with Gasteiger partial charge < -0.3 is 0 Å². The van der Waals surface area contributed by atoms with Gasteiger partial charge in [-0.2, -0.15) is 0 Å². The molecule has 0 atom stereocenters. The molecule has 0 radical (unpaired) electrons. The van der Waals surface area contributed by atoms with Crippen LogP contribution < -0.4 is 0 Å². The molecule has 22 heavy (non-hydrogen) atoms. The summed E-state index contributed by atoms with van der Waals surface area (Å²) in [6.07, 6.45) is 1.17. The Morgan fingerprint density at radius 2 is 2.00 bits per heavy atom. The van der Waals surface area contributed by atoms with Gasteiger partial charge in [0.2, 0.25) is 6.54 Å². The average Bonchev–Trinajstić information content (AvgIpc) is 2.50. The van der Waals surface area contributed by atoms with E-state index in [0.29, 0.717) is 21.8 Å². The van der Waals surface area contributed by atoms with Crippen molar-refractivity contribution in [1.82, 2.24) is 0 Å². The van der Waals surface area contributed by atoms with Gasteiger partial charge in [-0.05, 0) is 24.6 Å². The van der Waals surface area contributed by atoms with Crippen molar-refractivity contribution in [2.45, 2.75) is 6.92 Å². The maximum absolute atomic E-state index is 12.6. The highest BCUT2D eigenvalue weighted by molar-refractivity contribution is 6.32. The molecule has 0 unspecified atom stereocenters. The van der Waals surface area contributed by atoms with Crippen molar-refractivity contribution >= 4 is 29.3 Å². The smallest absolute Gasteiger partial charge is 0.238 e. The van der Waals surface area contributed by atoms with Gasteiger partial charge in [0.25, 0.3) is 0 Å². The van der Waals surface area contributed by atoms with Crippen LogP contribution in [0.3, 0.4) is 0 Å². The van der Waals surface area contributed by atoms with Gasteiger partial charge in [0.1, 0.15) is 0 Å². The minimum Gasteiger partial charge on any atom is -0.289 e. The molecule has 0 amide bonds. The van der Waals surface area contributed by atoms with Crippen LogP contribution in [0, 0.1) is 17.0 Å². The Morgan fingerprint density at radius 1 is 1.32 bits per heavy atom. The molecule has 0 bridgehead atoms. The van der Waals surface area contributed by atoms with E-state index in [1.54, 1.807) is 43.3 Å². The van der Waals surface area contributed by atoms with E-state index < -0.39 is 11.5 Å². The van der Waals surface area contributed by atoms with E-state index in [-0.39, 0.29) is 5.78 Å². The predicted octanol–water partition coefficient (Wildman–Crippen LogP) is 3.86. The van der Waals surface area contributed by atoms with Crippen LogP contribution in [0.4, 0.5) is 5.69 Å². The lowest BCUT2D eigenvalue weighted by molar-refractivity contribution is -0.462. The van der Waals surface area contributed by atoms with E-state index in [1.807, 2.05) is 6.07 Å². The Kier molecular flexibility index (Phi) is 5.01. The lowest BCUT2D eigenvalue weighted by Gasteiger charge is -2.08. The summed E-state index contributed by atoms with van der Waals surface area (Å²) in [6, 6.07) is 11.9. The molecule has 0 aliphatic rings. The molecule has 0 N–H and O–H groups in total. The van der Waals surface area contributed by atoms with Gasteiger partial charge >= 0.3 is 0 Å². The Morgan fingerprint density at radius 3 is 2.64 bits per heavy atom. The molecule has 2 rings (SSSR count). The van der Waals surface area contributed by atoms with E-state index >= 15 is 0 Å². The van der Waals surface area contributed by atoms with E-state index in [0.717, 1.165) is 5.56 Å². The molecule has 5 nitrogen and oxygen atoms in total. The number of benzene rings is 2. The average molecular weight is 317 g/mol. The molecule has 0 aliphatic heterocycles. The Hall–Kier alpha value is -2.53. The highest BCUT2D eigenvalue weighted by Crippen LogP contribution is 2.28. The molecular formula is C16H13ClN2O3. The van der Waals surface area contributed by atoms with Crippen LogP contribution in [0.2, 0.25) is 5.02 Å². The summed E-state index contributed by atoms with van der Waals surface area (Å²) in [4.78, 5) is 26.5. The van der Waals surface area contributed by atoms with Crippen molar-refractivity contribution in [2.75, 3.05) is 6.54 Å². The number of aliphatic imine (C=N–C) groups is 1. The van der Waals surface area contributed by atoms with Crippen LogP contribution in [0.25, 0.3) is 0 Å². The maximum atomic E-state index is 12.6. The Balaban J connectivity index is 2.45. The number of ketones is 1. The van der Waals surface area contributed by atoms with Crippen LogP contribution in [-0.4, -0.2) is 23.5 Å². The third kappa shape index (κ3) is 3.77. The third-order valence-electron chi connectivity index (χ3n) is 3.02. The fourth-order valence-corrected chi connectivity index (χ4v) is 2.07. The van der Waals surface area contributed by atoms with Crippen molar-refractivity contribution in [2.24, 2.45) is 4.99 Å². The van der Waals surface area contributed by atoms with Crippen molar-refractivity contribution < 1.29 is 9.72 Å². The number of nitrogens with zero attached hydrogens (tertiary/aromatic N) is 2. The SMILES string of the molecule is Cc1cc(N=CC[N+](=O)[O-])c(C(=O)c2ccccc2)cc1Cl. The topological polar surface area (TPSA) is 72.6 Å². The second kappa shape index (κ2) is 6.95. The number of halogens is 1. The van der Waals surface area contributed by atoms with Crippen molar-refractivity contribution in [1.29, 1.82) is 0 Å². The molecule has 6 heteroatoms. The van der Waals surface area contributed by atoms with E-state index in [9.17, 15) is 14.9 Å². The number of hydrogen-bond donors (Lipinski definition) is 0. The Labute approximate surface area is 132 Å². The fourth-order valence-electron chi connectivity index (χ4n) is 1.91. The van der Waals surface area contributed by atoms with Crippen molar-refractivity contribution in [3.8, 4) is 0 Å². The van der Waals surface area contributed by atoms with Crippen LogP contribution in [0.15, 0.2) is 47.5 Å². The third-order valence-corrected chi connectivity index (χ3v) is 3.43. The molecule has 0 fully saturated rings. The van der Waals surface area contributed by atoms with Gasteiger partial charge in [0.15, 0.2) is 5.78 Å². The highest BCUT2D eigenvalue weighted by atomic mass is 35.5.